The third kappa shape index (κ3) is 3.70. The normalized spacial score (nSPS) is 21.0. The first-order chi connectivity index (χ1) is 12.0. The molecule has 0 aromatic heterocycles. The van der Waals surface area contributed by atoms with E-state index in [0.29, 0.717) is 44.3 Å². The highest BCUT2D eigenvalue weighted by molar-refractivity contribution is 5.82. The second-order valence-electron chi connectivity index (χ2n) is 6.44. The van der Waals surface area contributed by atoms with E-state index in [0.717, 1.165) is 6.07 Å². The summed E-state index contributed by atoms with van der Waals surface area (Å²) in [6.45, 7) is 2.93. The Kier molecular flexibility index (Phi) is 5.11. The van der Waals surface area contributed by atoms with Crippen molar-refractivity contribution in [2.75, 3.05) is 13.1 Å². The van der Waals surface area contributed by atoms with E-state index in [1.54, 1.807) is 11.1 Å². The maximum atomic E-state index is 13.5. The van der Waals surface area contributed by atoms with E-state index in [1.807, 2.05) is 6.92 Å². The first kappa shape index (κ1) is 17.5. The fourth-order valence-corrected chi connectivity index (χ4v) is 3.46. The summed E-state index contributed by atoms with van der Waals surface area (Å²) in [5.41, 5.74) is 0.405. The number of hydrazone groups is 1. The van der Waals surface area contributed by atoms with E-state index in [4.69, 9.17) is 0 Å². The number of rotatable bonds is 3. The molecular weight excluding hydrogens is 328 g/mol. The van der Waals surface area contributed by atoms with Crippen LogP contribution >= 0.6 is 0 Å². The van der Waals surface area contributed by atoms with Gasteiger partial charge in [0.2, 0.25) is 11.8 Å². The molecule has 0 bridgehead atoms. The van der Waals surface area contributed by atoms with Crippen molar-refractivity contribution in [1.82, 2.24) is 9.91 Å². The van der Waals surface area contributed by atoms with Crippen molar-refractivity contribution in [3.8, 4) is 0 Å². The van der Waals surface area contributed by atoms with Crippen molar-refractivity contribution in [1.29, 1.82) is 0 Å². The molecule has 2 heterocycles. The molecule has 134 valence electrons. The molecule has 25 heavy (non-hydrogen) atoms. The second-order valence-corrected chi connectivity index (χ2v) is 6.44. The Labute approximate surface area is 145 Å². The molecule has 1 saturated heterocycles. The molecule has 0 spiro atoms. The number of benzene rings is 1. The maximum absolute atomic E-state index is 13.5. The van der Waals surface area contributed by atoms with Gasteiger partial charge in [-0.05, 0) is 30.5 Å². The van der Waals surface area contributed by atoms with E-state index in [1.165, 1.54) is 17.1 Å². The van der Waals surface area contributed by atoms with Crippen LogP contribution in [0.3, 0.4) is 0 Å². The number of nitrogens with zero attached hydrogens (tertiary/aromatic N) is 3. The van der Waals surface area contributed by atoms with Crippen LogP contribution in [0.15, 0.2) is 23.3 Å². The Balaban J connectivity index is 1.69. The molecule has 5 nitrogen and oxygen atoms in total. The molecule has 1 aromatic rings. The molecule has 1 atom stereocenters. The van der Waals surface area contributed by atoms with Gasteiger partial charge in [0.25, 0.3) is 0 Å². The van der Waals surface area contributed by atoms with Crippen LogP contribution in [0.4, 0.5) is 8.78 Å². The summed E-state index contributed by atoms with van der Waals surface area (Å²) < 4.78 is 27.0. The van der Waals surface area contributed by atoms with Gasteiger partial charge in [-0.2, -0.15) is 5.10 Å². The van der Waals surface area contributed by atoms with Gasteiger partial charge >= 0.3 is 0 Å². The van der Waals surface area contributed by atoms with E-state index < -0.39 is 17.7 Å². The van der Waals surface area contributed by atoms with Crippen LogP contribution in [-0.4, -0.2) is 41.0 Å². The number of piperidine rings is 1. The zero-order chi connectivity index (χ0) is 18.0. The molecule has 0 radical (unpaired) electrons. The molecule has 0 N–H and O–H groups in total. The maximum Gasteiger partial charge on any atom is 0.246 e. The van der Waals surface area contributed by atoms with Gasteiger partial charge in [-0.25, -0.2) is 13.8 Å². The Morgan fingerprint density at radius 1 is 1.16 bits per heavy atom. The lowest BCUT2D eigenvalue weighted by Gasteiger charge is -2.33. The predicted octanol–water partition coefficient (Wildman–Crippen LogP) is 2.87. The molecule has 0 saturated carbocycles. The van der Waals surface area contributed by atoms with Crippen LogP contribution in [0.25, 0.3) is 0 Å². The van der Waals surface area contributed by atoms with Crippen LogP contribution < -0.4 is 0 Å². The second kappa shape index (κ2) is 7.29. The molecular formula is C18H21F2N3O2. The molecule has 2 aliphatic rings. The lowest BCUT2D eigenvalue weighted by Crippen LogP contribution is -2.43. The molecule has 1 unspecified atom stereocenters. The summed E-state index contributed by atoms with van der Waals surface area (Å²) >= 11 is 0. The summed E-state index contributed by atoms with van der Waals surface area (Å²) in [5, 5.41) is 5.48. The number of halogens is 2. The smallest absolute Gasteiger partial charge is 0.246 e. The average Bonchev–Trinajstić information content (AvgIpc) is 3.09. The fourth-order valence-electron chi connectivity index (χ4n) is 3.46. The predicted molar refractivity (Wildman–Crippen MR) is 88.6 cm³/mol. The third-order valence-corrected chi connectivity index (χ3v) is 4.82. The van der Waals surface area contributed by atoms with Crippen molar-refractivity contribution in [3.63, 3.8) is 0 Å². The summed E-state index contributed by atoms with van der Waals surface area (Å²) in [6.07, 6.45) is 3.66. The van der Waals surface area contributed by atoms with Gasteiger partial charge in [0, 0.05) is 44.1 Å². The summed E-state index contributed by atoms with van der Waals surface area (Å²) in [4.78, 5) is 26.3. The summed E-state index contributed by atoms with van der Waals surface area (Å²) in [7, 11) is 0. The lowest BCUT2D eigenvalue weighted by atomic mass is 9.94. The highest BCUT2D eigenvalue weighted by Gasteiger charge is 2.35. The zero-order valence-electron chi connectivity index (χ0n) is 14.1. The van der Waals surface area contributed by atoms with E-state index >= 15 is 0 Å². The molecule has 7 heteroatoms. The molecule has 2 aliphatic heterocycles. The number of hydrogen-bond donors (Lipinski definition) is 0. The minimum atomic E-state index is -0.666. The SMILES string of the molecule is CCC(=O)N1CCC(C(=O)N2N=CCC2c2cc(F)cc(F)c2)CC1. The van der Waals surface area contributed by atoms with Crippen LogP contribution in [0, 0.1) is 17.6 Å². The number of hydrogen-bond acceptors (Lipinski definition) is 3. The highest BCUT2D eigenvalue weighted by atomic mass is 19.1. The highest BCUT2D eigenvalue weighted by Crippen LogP contribution is 2.32. The van der Waals surface area contributed by atoms with Crippen LogP contribution in [-0.2, 0) is 9.59 Å². The fraction of sp³-hybridized carbons (Fsp3) is 0.500. The summed E-state index contributed by atoms with van der Waals surface area (Å²) in [5.74, 6) is -1.61. The first-order valence-electron chi connectivity index (χ1n) is 8.59. The Morgan fingerprint density at radius 3 is 2.40 bits per heavy atom. The van der Waals surface area contributed by atoms with Gasteiger partial charge in [-0.3, -0.25) is 9.59 Å². The number of carbonyl (C=O) groups is 2. The summed E-state index contributed by atoms with van der Waals surface area (Å²) in [6, 6.07) is 2.82. The lowest BCUT2D eigenvalue weighted by molar-refractivity contribution is -0.142. The largest absolute Gasteiger partial charge is 0.343 e. The molecule has 2 amide bonds. The van der Waals surface area contributed by atoms with Crippen molar-refractivity contribution >= 4 is 18.0 Å². The van der Waals surface area contributed by atoms with E-state index in [2.05, 4.69) is 5.10 Å². The van der Waals surface area contributed by atoms with Gasteiger partial charge in [-0.15, -0.1) is 0 Å². The molecule has 3 rings (SSSR count). The Morgan fingerprint density at radius 2 is 1.80 bits per heavy atom. The molecule has 1 fully saturated rings. The Hall–Kier alpha value is -2.31. The van der Waals surface area contributed by atoms with Crippen molar-refractivity contribution < 1.29 is 18.4 Å². The molecule has 1 aromatic carbocycles. The van der Waals surface area contributed by atoms with Gasteiger partial charge < -0.3 is 4.90 Å². The molecule has 0 aliphatic carbocycles. The third-order valence-electron chi connectivity index (χ3n) is 4.82. The number of carbonyl (C=O) groups excluding carboxylic acids is 2. The van der Waals surface area contributed by atoms with Crippen molar-refractivity contribution in [2.24, 2.45) is 11.0 Å². The van der Waals surface area contributed by atoms with Crippen molar-refractivity contribution in [3.05, 3.63) is 35.4 Å². The van der Waals surface area contributed by atoms with Gasteiger partial charge in [0.15, 0.2) is 0 Å². The monoisotopic (exact) mass is 349 g/mol. The zero-order valence-corrected chi connectivity index (χ0v) is 14.1. The quantitative estimate of drug-likeness (QED) is 0.843. The minimum absolute atomic E-state index is 0.0956. The van der Waals surface area contributed by atoms with Crippen molar-refractivity contribution in [2.45, 2.75) is 38.6 Å². The number of likely N-dealkylation sites (tertiary alicyclic amines) is 1. The van der Waals surface area contributed by atoms with Gasteiger partial charge in [0.05, 0.1) is 6.04 Å². The topological polar surface area (TPSA) is 53.0 Å². The standard InChI is InChI=1S/C18H21F2N3O2/c1-2-17(24)22-7-4-12(5-8-22)18(25)23-16(3-6-21-23)13-9-14(19)11-15(20)10-13/h6,9-12,16H,2-5,7-8H2,1H3. The minimum Gasteiger partial charge on any atom is -0.343 e. The first-order valence-corrected chi connectivity index (χ1v) is 8.59. The van der Waals surface area contributed by atoms with Crippen LogP contribution in [0.5, 0.6) is 0 Å². The average molecular weight is 349 g/mol. The van der Waals surface area contributed by atoms with Gasteiger partial charge in [-0.1, -0.05) is 6.92 Å². The van der Waals surface area contributed by atoms with Crippen LogP contribution in [0.1, 0.15) is 44.2 Å². The van der Waals surface area contributed by atoms with Gasteiger partial charge in [0.1, 0.15) is 11.6 Å². The Bertz CT molecular complexity index is 679. The van der Waals surface area contributed by atoms with E-state index in [9.17, 15) is 18.4 Å². The van der Waals surface area contributed by atoms with Crippen LogP contribution in [0.2, 0.25) is 0 Å². The number of amides is 2. The van der Waals surface area contributed by atoms with E-state index in [-0.39, 0.29) is 17.7 Å².